The molecule has 1 saturated heterocycles. The van der Waals surface area contributed by atoms with Crippen LogP contribution in [-0.2, 0) is 4.79 Å². The van der Waals surface area contributed by atoms with Gasteiger partial charge in [0.1, 0.15) is 21.9 Å². The largest absolute Gasteiger partial charge is 0.354 e. The molecule has 3 heterocycles. The Morgan fingerprint density at radius 3 is 3.30 bits per heavy atom. The smallest absolute Gasteiger partial charge is 0.302 e. The predicted molar refractivity (Wildman–Crippen MR) is 87.9 cm³/mol. The molecule has 0 radical (unpaired) electrons. The Morgan fingerprint density at radius 2 is 2.52 bits per heavy atom. The van der Waals surface area contributed by atoms with Crippen molar-refractivity contribution in [3.8, 4) is 0 Å². The molecular formula is C16H20N6O. The van der Waals surface area contributed by atoms with E-state index in [0.29, 0.717) is 31.0 Å². The first kappa shape index (κ1) is 11.9. The van der Waals surface area contributed by atoms with Crippen LogP contribution in [0.2, 0.25) is 0 Å². The van der Waals surface area contributed by atoms with Gasteiger partial charge in [-0.3, -0.25) is 4.79 Å². The summed E-state index contributed by atoms with van der Waals surface area (Å²) in [6.07, 6.45) is 2.34. The van der Waals surface area contributed by atoms with Crippen LogP contribution in [0.3, 0.4) is 0 Å². The first-order valence-corrected chi connectivity index (χ1v) is 7.47. The third kappa shape index (κ3) is 2.84. The molecule has 1 fully saturated rings. The van der Waals surface area contributed by atoms with E-state index in [2.05, 4.69) is 26.7 Å². The lowest BCUT2D eigenvalue weighted by atomic mass is 9.92. The van der Waals surface area contributed by atoms with E-state index >= 15 is 0 Å². The molecule has 1 amide bonds. The zero-order chi connectivity index (χ0) is 19.1. The molecule has 23 heavy (non-hydrogen) atoms. The van der Waals surface area contributed by atoms with Gasteiger partial charge in [-0.2, -0.15) is 0 Å². The molecule has 0 unspecified atom stereocenters. The van der Waals surface area contributed by atoms with E-state index in [1.807, 2.05) is 18.0 Å². The highest BCUT2D eigenvalue weighted by Crippen LogP contribution is 2.28. The molecule has 1 aliphatic heterocycles. The summed E-state index contributed by atoms with van der Waals surface area (Å²) < 4.78 is 23.0. The van der Waals surface area contributed by atoms with Gasteiger partial charge in [0.15, 0.2) is 0 Å². The van der Waals surface area contributed by atoms with E-state index in [0.717, 1.165) is 5.39 Å². The van der Waals surface area contributed by atoms with Gasteiger partial charge in [-0.15, -0.1) is 0 Å². The van der Waals surface area contributed by atoms with Crippen LogP contribution >= 0.6 is 0 Å². The number of fused-ring (bicyclic) bond motifs is 1. The van der Waals surface area contributed by atoms with Crippen molar-refractivity contribution in [2.75, 3.05) is 31.5 Å². The number of aromatic amines is 1. The SMILES string of the molecule is [2H]c1nc(N(C)[C@H]2CN(C(=O)C([2H])([2H])[N+]#[C-])CC[C@H]2C)c2cc[nH]c2n1. The number of amides is 1. The Labute approximate surface area is 139 Å². The maximum absolute atomic E-state index is 12.3. The Balaban J connectivity index is 1.90. The van der Waals surface area contributed by atoms with Crippen LogP contribution in [0.5, 0.6) is 0 Å². The summed E-state index contributed by atoms with van der Waals surface area (Å²) in [6, 6.07) is 1.73. The number of nitrogens with zero attached hydrogens (tertiary/aromatic N) is 5. The molecule has 2 atom stereocenters. The number of likely N-dealkylation sites (tertiary alicyclic amines) is 1. The molecule has 0 bridgehead atoms. The van der Waals surface area contributed by atoms with Crippen LogP contribution in [0, 0.1) is 12.5 Å². The predicted octanol–water partition coefficient (Wildman–Crippen LogP) is 1.55. The highest BCUT2D eigenvalue weighted by molar-refractivity contribution is 5.87. The summed E-state index contributed by atoms with van der Waals surface area (Å²) in [5, 5.41) is 0.788. The van der Waals surface area contributed by atoms with Gasteiger partial charge in [0.05, 0.1) is 11.4 Å². The van der Waals surface area contributed by atoms with Crippen LogP contribution in [-0.4, -0.2) is 58.4 Å². The van der Waals surface area contributed by atoms with E-state index in [1.54, 1.807) is 6.20 Å². The Hall–Kier alpha value is -2.62. The van der Waals surface area contributed by atoms with Crippen molar-refractivity contribution in [3.05, 3.63) is 30.0 Å². The first-order chi connectivity index (χ1) is 12.2. The maximum Gasteiger partial charge on any atom is 0.302 e. The van der Waals surface area contributed by atoms with Crippen LogP contribution in [0.1, 0.15) is 17.5 Å². The second-order valence-corrected chi connectivity index (χ2v) is 5.81. The molecule has 0 spiro atoms. The third-order valence-corrected chi connectivity index (χ3v) is 4.47. The first-order valence-electron chi connectivity index (χ1n) is 8.97. The number of nitrogens with one attached hydrogen (secondary N) is 1. The Morgan fingerprint density at radius 1 is 1.70 bits per heavy atom. The molecule has 2 aromatic heterocycles. The lowest BCUT2D eigenvalue weighted by molar-refractivity contribution is -0.130. The topological polar surface area (TPSA) is 69.5 Å². The molecule has 0 aromatic carbocycles. The monoisotopic (exact) mass is 315 g/mol. The summed E-state index contributed by atoms with van der Waals surface area (Å²) >= 11 is 0. The fourth-order valence-corrected chi connectivity index (χ4v) is 3.10. The summed E-state index contributed by atoms with van der Waals surface area (Å²) in [5.41, 5.74) is 0.576. The van der Waals surface area contributed by atoms with Crippen LogP contribution in [0.15, 0.2) is 18.6 Å². The van der Waals surface area contributed by atoms with Crippen molar-refractivity contribution in [3.63, 3.8) is 0 Å². The molecule has 1 aliphatic rings. The van der Waals surface area contributed by atoms with Crippen molar-refractivity contribution in [1.82, 2.24) is 19.9 Å². The van der Waals surface area contributed by atoms with Gasteiger partial charge >= 0.3 is 5.91 Å². The van der Waals surface area contributed by atoms with Gasteiger partial charge in [-0.05, 0) is 18.4 Å². The van der Waals surface area contributed by atoms with Gasteiger partial charge in [-0.1, -0.05) is 6.92 Å². The van der Waals surface area contributed by atoms with Crippen molar-refractivity contribution < 1.29 is 8.91 Å². The lowest BCUT2D eigenvalue weighted by Crippen LogP contribution is -2.53. The van der Waals surface area contributed by atoms with E-state index in [4.69, 9.17) is 10.7 Å². The van der Waals surface area contributed by atoms with Crippen LogP contribution < -0.4 is 4.90 Å². The quantitative estimate of drug-likeness (QED) is 0.873. The van der Waals surface area contributed by atoms with E-state index in [1.165, 1.54) is 4.90 Å². The number of carbonyl (C=O) groups is 1. The fourth-order valence-electron chi connectivity index (χ4n) is 3.10. The number of H-pyrrole nitrogens is 1. The van der Waals surface area contributed by atoms with E-state index in [9.17, 15) is 4.79 Å². The second-order valence-electron chi connectivity index (χ2n) is 5.81. The summed E-state index contributed by atoms with van der Waals surface area (Å²) in [5.74, 6) is 0.0371. The normalized spacial score (nSPS) is 23.7. The molecule has 2 aromatic rings. The molecular weight excluding hydrogens is 292 g/mol. The fraction of sp³-hybridized carbons (Fsp3) is 0.500. The Kier molecular flexibility index (Phi) is 3.23. The minimum absolute atomic E-state index is 0.0949. The van der Waals surface area contributed by atoms with E-state index in [-0.39, 0.29) is 18.3 Å². The maximum atomic E-state index is 12.3. The zero-order valence-corrected chi connectivity index (χ0v) is 13.1. The number of piperidine rings is 1. The third-order valence-electron chi connectivity index (χ3n) is 4.47. The number of carbonyl (C=O) groups excluding carboxylic acids is 1. The number of likely N-dealkylation sites (N-methyl/N-ethyl adjacent to an activating group) is 1. The molecule has 120 valence electrons. The van der Waals surface area contributed by atoms with Crippen molar-refractivity contribution in [1.29, 1.82) is 0 Å². The summed E-state index contributed by atoms with van der Waals surface area (Å²) in [4.78, 5) is 29.8. The standard InChI is InChI=1S/C16H20N6O/c1-11-5-7-22(14(23)8-17-2)9-13(11)21(3)16-12-4-6-18-15(12)19-10-20-16/h4,6,10-11,13H,5,7-9H2,1,3H3,(H,18,19,20)/t11-,13+/m1/s1/i8D2,10D. The summed E-state index contributed by atoms with van der Waals surface area (Å²) in [6.45, 7) is 7.17. The number of rotatable bonds is 3. The van der Waals surface area contributed by atoms with Gasteiger partial charge < -0.3 is 19.6 Å². The van der Waals surface area contributed by atoms with Crippen molar-refractivity contribution >= 4 is 22.8 Å². The van der Waals surface area contributed by atoms with Gasteiger partial charge in [0.25, 0.3) is 6.50 Å². The minimum atomic E-state index is -2.54. The lowest BCUT2D eigenvalue weighted by Gasteiger charge is -2.41. The molecule has 7 heteroatoms. The molecule has 0 aliphatic carbocycles. The number of anilines is 1. The zero-order valence-electron chi connectivity index (χ0n) is 16.1. The van der Waals surface area contributed by atoms with E-state index < -0.39 is 12.4 Å². The second kappa shape index (κ2) is 6.24. The molecule has 1 N–H and O–H groups in total. The van der Waals surface area contributed by atoms with Gasteiger partial charge in [0, 0.05) is 26.3 Å². The van der Waals surface area contributed by atoms with Crippen molar-refractivity contribution in [2.24, 2.45) is 5.92 Å². The summed E-state index contributed by atoms with van der Waals surface area (Å²) in [7, 11) is 1.85. The number of aromatic nitrogens is 3. The van der Waals surface area contributed by atoms with Crippen LogP contribution in [0.4, 0.5) is 5.82 Å². The van der Waals surface area contributed by atoms with Crippen LogP contribution in [0.25, 0.3) is 15.9 Å². The van der Waals surface area contributed by atoms with Crippen molar-refractivity contribution in [2.45, 2.75) is 19.4 Å². The number of hydrogen-bond acceptors (Lipinski definition) is 4. The molecule has 3 rings (SSSR count). The van der Waals surface area contributed by atoms with Gasteiger partial charge in [0.2, 0.25) is 0 Å². The Bertz CT molecular complexity index is 876. The molecule has 0 saturated carbocycles. The average Bonchev–Trinajstić information content (AvgIpc) is 3.08. The number of hydrogen-bond donors (Lipinski definition) is 1. The molecule has 7 nitrogen and oxygen atoms in total. The highest BCUT2D eigenvalue weighted by atomic mass is 16.2. The average molecular weight is 315 g/mol. The highest BCUT2D eigenvalue weighted by Gasteiger charge is 2.33. The minimum Gasteiger partial charge on any atom is -0.354 e. The van der Waals surface area contributed by atoms with Gasteiger partial charge in [-0.25, -0.2) is 16.5 Å².